The second kappa shape index (κ2) is 6.48. The van der Waals surface area contributed by atoms with Gasteiger partial charge in [-0.25, -0.2) is 8.42 Å². The van der Waals surface area contributed by atoms with Crippen molar-refractivity contribution >= 4 is 27.1 Å². The van der Waals surface area contributed by atoms with E-state index in [2.05, 4.69) is 6.92 Å². The molecule has 0 aromatic carbocycles. The van der Waals surface area contributed by atoms with Crippen molar-refractivity contribution in [2.75, 3.05) is 18.1 Å². The minimum absolute atomic E-state index is 0.00764. The Balaban J connectivity index is 2.23. The molecule has 0 radical (unpaired) electrons. The number of rotatable bonds is 5. The van der Waals surface area contributed by atoms with E-state index in [1.54, 1.807) is 4.90 Å². The Hall–Kier alpha value is -0.880. The fourth-order valence-corrected chi connectivity index (χ4v) is 5.63. The van der Waals surface area contributed by atoms with E-state index in [0.717, 1.165) is 17.7 Å². The van der Waals surface area contributed by atoms with Gasteiger partial charge in [-0.05, 0) is 37.8 Å². The van der Waals surface area contributed by atoms with E-state index in [1.165, 1.54) is 21.8 Å². The largest absolute Gasteiger partial charge is 0.334 e. The van der Waals surface area contributed by atoms with Crippen molar-refractivity contribution in [1.82, 2.24) is 4.90 Å². The van der Waals surface area contributed by atoms with Crippen molar-refractivity contribution in [2.45, 2.75) is 46.1 Å². The first kappa shape index (κ1) is 16.5. The molecule has 1 aromatic rings. The quantitative estimate of drug-likeness (QED) is 0.834. The number of carbonyl (C=O) groups excluding carboxylic acids is 1. The fourth-order valence-electron chi connectivity index (χ4n) is 2.83. The van der Waals surface area contributed by atoms with Gasteiger partial charge in [0.1, 0.15) is 0 Å². The minimum atomic E-state index is -2.97. The normalized spacial score (nSPS) is 20.6. The van der Waals surface area contributed by atoms with Gasteiger partial charge in [0, 0.05) is 17.5 Å². The molecule has 1 aliphatic rings. The summed E-state index contributed by atoms with van der Waals surface area (Å²) in [6.45, 7) is 6.75. The summed E-state index contributed by atoms with van der Waals surface area (Å²) in [5, 5.41) is 0. The van der Waals surface area contributed by atoms with Gasteiger partial charge in [0.25, 0.3) is 5.91 Å². The number of carbonyl (C=O) groups is 1. The Labute approximate surface area is 131 Å². The van der Waals surface area contributed by atoms with E-state index in [-0.39, 0.29) is 23.5 Å². The molecular formula is C15H23NO3S2. The van der Waals surface area contributed by atoms with Crippen molar-refractivity contribution in [2.24, 2.45) is 0 Å². The number of amides is 1. The molecule has 0 N–H and O–H groups in total. The van der Waals surface area contributed by atoms with Gasteiger partial charge in [-0.15, -0.1) is 11.3 Å². The van der Waals surface area contributed by atoms with Gasteiger partial charge in [0.15, 0.2) is 9.84 Å². The van der Waals surface area contributed by atoms with Crippen LogP contribution in [0.1, 0.15) is 46.8 Å². The van der Waals surface area contributed by atoms with Gasteiger partial charge >= 0.3 is 0 Å². The van der Waals surface area contributed by atoms with Crippen LogP contribution in [0.15, 0.2) is 6.07 Å². The Morgan fingerprint density at radius 3 is 2.62 bits per heavy atom. The zero-order chi connectivity index (χ0) is 15.6. The molecule has 1 aliphatic heterocycles. The molecule has 118 valence electrons. The predicted molar refractivity (Wildman–Crippen MR) is 86.8 cm³/mol. The summed E-state index contributed by atoms with van der Waals surface area (Å²) >= 11 is 1.52. The molecule has 0 aliphatic carbocycles. The topological polar surface area (TPSA) is 54.5 Å². The van der Waals surface area contributed by atoms with Crippen molar-refractivity contribution < 1.29 is 13.2 Å². The van der Waals surface area contributed by atoms with Crippen LogP contribution in [0.4, 0.5) is 0 Å². The summed E-state index contributed by atoms with van der Waals surface area (Å²) in [5.41, 5.74) is 1.21. The molecule has 4 nitrogen and oxygen atoms in total. The molecule has 1 aromatic heterocycles. The number of nitrogens with zero attached hydrogens (tertiary/aromatic N) is 1. The lowest BCUT2D eigenvalue weighted by Gasteiger charge is -2.27. The number of thiophene rings is 1. The summed E-state index contributed by atoms with van der Waals surface area (Å²) in [7, 11) is -2.97. The SMILES string of the molecule is CCCN(C(=O)c1cc(CC)c(C)s1)C1CCS(=O)(=O)C1. The smallest absolute Gasteiger partial charge is 0.264 e. The van der Waals surface area contributed by atoms with Gasteiger partial charge in [0.2, 0.25) is 0 Å². The van der Waals surface area contributed by atoms with Crippen LogP contribution in [-0.2, 0) is 16.3 Å². The van der Waals surface area contributed by atoms with Crippen LogP contribution in [0.2, 0.25) is 0 Å². The Morgan fingerprint density at radius 1 is 1.43 bits per heavy atom. The lowest BCUT2D eigenvalue weighted by molar-refractivity contribution is 0.0702. The highest BCUT2D eigenvalue weighted by Crippen LogP contribution is 2.26. The van der Waals surface area contributed by atoms with E-state index < -0.39 is 9.84 Å². The highest BCUT2D eigenvalue weighted by molar-refractivity contribution is 7.91. The van der Waals surface area contributed by atoms with Gasteiger partial charge in [-0.3, -0.25) is 4.79 Å². The van der Waals surface area contributed by atoms with E-state index in [9.17, 15) is 13.2 Å². The highest BCUT2D eigenvalue weighted by Gasteiger charge is 2.35. The summed E-state index contributed by atoms with van der Waals surface area (Å²) in [4.78, 5) is 16.4. The average Bonchev–Trinajstić information content (AvgIpc) is 2.97. The first-order valence-corrected chi connectivity index (χ1v) is 10.1. The lowest BCUT2D eigenvalue weighted by atomic mass is 10.1. The predicted octanol–water partition coefficient (Wildman–Crippen LogP) is 2.66. The van der Waals surface area contributed by atoms with Gasteiger partial charge in [-0.1, -0.05) is 13.8 Å². The Bertz CT molecular complexity index is 619. The molecule has 6 heteroatoms. The van der Waals surface area contributed by atoms with E-state index in [1.807, 2.05) is 19.9 Å². The maximum atomic E-state index is 12.8. The molecule has 0 spiro atoms. The van der Waals surface area contributed by atoms with Crippen molar-refractivity contribution in [1.29, 1.82) is 0 Å². The van der Waals surface area contributed by atoms with Crippen molar-refractivity contribution in [3.05, 3.63) is 21.4 Å². The zero-order valence-electron chi connectivity index (χ0n) is 12.9. The number of aryl methyl sites for hydroxylation is 2. The Morgan fingerprint density at radius 2 is 2.14 bits per heavy atom. The van der Waals surface area contributed by atoms with Crippen LogP contribution < -0.4 is 0 Å². The van der Waals surface area contributed by atoms with Gasteiger partial charge < -0.3 is 4.90 Å². The van der Waals surface area contributed by atoms with E-state index >= 15 is 0 Å². The van der Waals surface area contributed by atoms with Crippen LogP contribution in [-0.4, -0.2) is 43.3 Å². The number of hydrogen-bond acceptors (Lipinski definition) is 4. The summed E-state index contributed by atoms with van der Waals surface area (Å²) in [6, 6.07) is 1.81. The molecule has 2 rings (SSSR count). The number of sulfone groups is 1. The van der Waals surface area contributed by atoms with E-state index in [0.29, 0.717) is 13.0 Å². The second-order valence-corrected chi connectivity index (χ2v) is 9.09. The van der Waals surface area contributed by atoms with Crippen LogP contribution >= 0.6 is 11.3 Å². The van der Waals surface area contributed by atoms with Crippen LogP contribution in [0, 0.1) is 6.92 Å². The molecule has 2 heterocycles. The third kappa shape index (κ3) is 3.66. The lowest BCUT2D eigenvalue weighted by Crippen LogP contribution is -2.41. The van der Waals surface area contributed by atoms with Crippen LogP contribution in [0.3, 0.4) is 0 Å². The van der Waals surface area contributed by atoms with Gasteiger partial charge in [-0.2, -0.15) is 0 Å². The third-order valence-corrected chi connectivity index (χ3v) is 6.82. The maximum absolute atomic E-state index is 12.8. The van der Waals surface area contributed by atoms with Crippen LogP contribution in [0.25, 0.3) is 0 Å². The van der Waals surface area contributed by atoms with Crippen molar-refractivity contribution in [3.8, 4) is 0 Å². The average molecular weight is 329 g/mol. The second-order valence-electron chi connectivity index (χ2n) is 5.60. The van der Waals surface area contributed by atoms with Crippen LogP contribution in [0.5, 0.6) is 0 Å². The summed E-state index contributed by atoms with van der Waals surface area (Å²) in [6.07, 6.45) is 2.33. The molecule has 1 fully saturated rings. The monoisotopic (exact) mass is 329 g/mol. The Kier molecular flexibility index (Phi) is 5.09. The third-order valence-electron chi connectivity index (χ3n) is 3.99. The molecule has 1 saturated heterocycles. The minimum Gasteiger partial charge on any atom is -0.334 e. The van der Waals surface area contributed by atoms with Gasteiger partial charge in [0.05, 0.1) is 16.4 Å². The molecular weight excluding hydrogens is 306 g/mol. The molecule has 1 amide bonds. The first-order chi connectivity index (χ1) is 9.88. The molecule has 21 heavy (non-hydrogen) atoms. The molecule has 1 unspecified atom stereocenters. The zero-order valence-corrected chi connectivity index (χ0v) is 14.5. The van der Waals surface area contributed by atoms with Crippen molar-refractivity contribution in [3.63, 3.8) is 0 Å². The fraction of sp³-hybridized carbons (Fsp3) is 0.667. The summed E-state index contributed by atoms with van der Waals surface area (Å²) < 4.78 is 23.4. The highest BCUT2D eigenvalue weighted by atomic mass is 32.2. The molecule has 0 saturated carbocycles. The van der Waals surface area contributed by atoms with E-state index in [4.69, 9.17) is 0 Å². The molecule has 0 bridgehead atoms. The standard InChI is InChI=1S/C15H23NO3S2/c1-4-7-16(13-6-8-21(18,19)10-13)15(17)14-9-12(5-2)11(3)20-14/h9,13H,4-8,10H2,1-3H3. The first-order valence-electron chi connectivity index (χ1n) is 7.48. The number of hydrogen-bond donors (Lipinski definition) is 0. The molecule has 1 atom stereocenters. The summed E-state index contributed by atoms with van der Waals surface area (Å²) in [5.74, 6) is 0.310. The maximum Gasteiger partial charge on any atom is 0.264 e.